The second-order valence-corrected chi connectivity index (χ2v) is 11.9. The molecule has 2 heterocycles. The molecule has 1 aliphatic carbocycles. The van der Waals surface area contributed by atoms with Crippen molar-refractivity contribution in [2.24, 2.45) is 0 Å². The number of hydrogen-bond donors (Lipinski definition) is 0. The highest BCUT2D eigenvalue weighted by atomic mass is 32.2. The van der Waals surface area contributed by atoms with Crippen LogP contribution in [0.25, 0.3) is 0 Å². The van der Waals surface area contributed by atoms with E-state index in [0.717, 1.165) is 24.8 Å². The highest BCUT2D eigenvalue weighted by Crippen LogP contribution is 2.25. The third-order valence-corrected chi connectivity index (χ3v) is 9.47. The van der Waals surface area contributed by atoms with E-state index in [1.165, 1.54) is 33.2 Å². The summed E-state index contributed by atoms with van der Waals surface area (Å²) >= 11 is 0. The van der Waals surface area contributed by atoms with Crippen molar-refractivity contribution < 1.29 is 21.6 Å². The summed E-state index contributed by atoms with van der Waals surface area (Å²) in [4.78, 5) is 18.4. The van der Waals surface area contributed by atoms with Crippen LogP contribution in [0.3, 0.4) is 0 Å². The average Bonchev–Trinajstić information content (AvgIpc) is 3.26. The van der Waals surface area contributed by atoms with Gasteiger partial charge in [0.1, 0.15) is 4.90 Å². The first-order valence-corrected chi connectivity index (χ1v) is 13.4. The predicted molar refractivity (Wildman–Crippen MR) is 115 cm³/mol. The minimum atomic E-state index is -3.65. The molecule has 8 nitrogen and oxygen atoms in total. The van der Waals surface area contributed by atoms with E-state index in [4.69, 9.17) is 0 Å². The number of hydrogen-bond acceptors (Lipinski definition) is 6. The molecule has 1 aromatic carbocycles. The minimum absolute atomic E-state index is 0.116. The van der Waals surface area contributed by atoms with E-state index in [2.05, 4.69) is 4.98 Å². The van der Waals surface area contributed by atoms with E-state index >= 15 is 0 Å². The maximum atomic E-state index is 12.7. The van der Waals surface area contributed by atoms with Crippen molar-refractivity contribution in [1.29, 1.82) is 0 Å². The van der Waals surface area contributed by atoms with Gasteiger partial charge >= 0.3 is 0 Å². The zero-order chi connectivity index (χ0) is 22.1. The second kappa shape index (κ2) is 8.68. The summed E-state index contributed by atoms with van der Waals surface area (Å²) in [6.45, 7) is 0.801. The van der Waals surface area contributed by atoms with Crippen LogP contribution in [0, 0.1) is 0 Å². The zero-order valence-corrected chi connectivity index (χ0v) is 18.7. The molecular formula is C21H25N3O5S2. The van der Waals surface area contributed by atoms with Crippen molar-refractivity contribution in [2.45, 2.75) is 35.5 Å². The molecule has 0 unspecified atom stereocenters. The predicted octanol–water partition coefficient (Wildman–Crippen LogP) is 1.27. The summed E-state index contributed by atoms with van der Waals surface area (Å²) in [7, 11) is -7.20. The molecule has 1 aliphatic heterocycles. The third-order valence-electron chi connectivity index (χ3n) is 5.88. The molecule has 2 aliphatic rings. The van der Waals surface area contributed by atoms with E-state index < -0.39 is 19.9 Å². The van der Waals surface area contributed by atoms with Crippen molar-refractivity contribution in [2.75, 3.05) is 31.9 Å². The second-order valence-electron chi connectivity index (χ2n) is 7.83. The maximum Gasteiger partial charge on any atom is 0.244 e. The van der Waals surface area contributed by atoms with Crippen LogP contribution in [0.5, 0.6) is 0 Å². The smallest absolute Gasteiger partial charge is 0.244 e. The molecule has 166 valence electrons. The molecule has 0 bridgehead atoms. The number of sulfone groups is 1. The number of piperazine rings is 1. The van der Waals surface area contributed by atoms with Gasteiger partial charge in [0.25, 0.3) is 0 Å². The first-order valence-electron chi connectivity index (χ1n) is 10.3. The van der Waals surface area contributed by atoms with Gasteiger partial charge in [-0.3, -0.25) is 9.78 Å². The first kappa shape index (κ1) is 21.9. The van der Waals surface area contributed by atoms with Crippen LogP contribution in [0.4, 0.5) is 0 Å². The number of benzene rings is 1. The number of rotatable bonds is 6. The fourth-order valence-electron chi connectivity index (χ4n) is 4.07. The van der Waals surface area contributed by atoms with Crippen molar-refractivity contribution in [3.8, 4) is 0 Å². The number of amides is 1. The number of carbonyl (C=O) groups excluding carboxylic acids is 1. The number of sulfonamides is 1. The van der Waals surface area contributed by atoms with Crippen LogP contribution in [0.2, 0.25) is 0 Å². The Hall–Kier alpha value is -2.30. The highest BCUT2D eigenvalue weighted by Gasteiger charge is 2.30. The summed E-state index contributed by atoms with van der Waals surface area (Å²) in [5.74, 6) is -0.526. The van der Waals surface area contributed by atoms with E-state index in [0.29, 0.717) is 0 Å². The molecule has 4 rings (SSSR count). The Balaban J connectivity index is 1.33. The largest absolute Gasteiger partial charge is 0.340 e. The topological polar surface area (TPSA) is 105 Å². The molecule has 31 heavy (non-hydrogen) atoms. The molecule has 0 atom stereocenters. The Kier molecular flexibility index (Phi) is 6.14. The van der Waals surface area contributed by atoms with Crippen molar-refractivity contribution in [3.05, 3.63) is 53.9 Å². The van der Waals surface area contributed by atoms with E-state index in [1.807, 2.05) is 6.07 Å². The van der Waals surface area contributed by atoms with Gasteiger partial charge in [0.2, 0.25) is 15.9 Å². The zero-order valence-electron chi connectivity index (χ0n) is 17.1. The maximum absolute atomic E-state index is 12.7. The molecule has 0 saturated carbocycles. The van der Waals surface area contributed by atoms with Crippen LogP contribution < -0.4 is 0 Å². The van der Waals surface area contributed by atoms with Crippen LogP contribution >= 0.6 is 0 Å². The normalized spacial score (nSPS) is 17.5. The summed E-state index contributed by atoms with van der Waals surface area (Å²) in [6, 6.07) is 8.30. The first-order chi connectivity index (χ1) is 14.8. The standard InChI is InChI=1S/C21H25N3O5S2/c25-21(8-14-30(26,27)19-7-6-17-3-1-4-18(17)15-19)23-10-12-24(13-11-23)31(28,29)20-5-2-9-22-16-20/h2,5-7,9,15-16H,1,3-4,8,10-14H2. The van der Waals surface area contributed by atoms with Crippen LogP contribution in [0.1, 0.15) is 24.0 Å². The van der Waals surface area contributed by atoms with Crippen LogP contribution in [-0.4, -0.2) is 68.9 Å². The Morgan fingerprint density at radius 3 is 2.39 bits per heavy atom. The summed E-state index contributed by atoms with van der Waals surface area (Å²) in [5.41, 5.74) is 2.28. The van der Waals surface area contributed by atoms with Crippen LogP contribution in [0.15, 0.2) is 52.5 Å². The van der Waals surface area contributed by atoms with Gasteiger partial charge in [-0.25, -0.2) is 16.8 Å². The number of nitrogens with zero attached hydrogens (tertiary/aromatic N) is 3. The molecular weight excluding hydrogens is 438 g/mol. The number of carbonyl (C=O) groups is 1. The Bertz CT molecular complexity index is 1170. The summed E-state index contributed by atoms with van der Waals surface area (Å²) < 4.78 is 52.0. The molecule has 2 aromatic rings. The highest BCUT2D eigenvalue weighted by molar-refractivity contribution is 7.91. The van der Waals surface area contributed by atoms with Crippen LogP contribution in [-0.2, 0) is 37.5 Å². The third kappa shape index (κ3) is 4.65. The van der Waals surface area contributed by atoms with E-state index in [1.54, 1.807) is 18.2 Å². The Morgan fingerprint density at radius 2 is 1.68 bits per heavy atom. The van der Waals surface area contributed by atoms with Gasteiger partial charge in [0.05, 0.1) is 10.6 Å². The summed E-state index contributed by atoms with van der Waals surface area (Å²) in [6.07, 6.45) is 5.61. The molecule has 1 amide bonds. The molecule has 0 N–H and O–H groups in total. The van der Waals surface area contributed by atoms with Gasteiger partial charge in [-0.15, -0.1) is 0 Å². The Labute approximate surface area is 182 Å². The molecule has 1 fully saturated rings. The number of fused-ring (bicyclic) bond motifs is 1. The van der Waals surface area contributed by atoms with Gasteiger partial charge < -0.3 is 4.90 Å². The van der Waals surface area contributed by atoms with Crippen molar-refractivity contribution in [3.63, 3.8) is 0 Å². The molecule has 10 heteroatoms. The van der Waals surface area contributed by atoms with Gasteiger partial charge in [0.15, 0.2) is 9.84 Å². The molecule has 1 saturated heterocycles. The van der Waals surface area contributed by atoms with Crippen molar-refractivity contribution in [1.82, 2.24) is 14.2 Å². The van der Waals surface area contributed by atoms with Gasteiger partial charge in [-0.2, -0.15) is 4.31 Å². The fourth-order valence-corrected chi connectivity index (χ4v) is 6.73. The lowest BCUT2D eigenvalue weighted by Gasteiger charge is -2.34. The molecule has 1 aromatic heterocycles. The monoisotopic (exact) mass is 463 g/mol. The fraction of sp³-hybridized carbons (Fsp3) is 0.429. The van der Waals surface area contributed by atoms with E-state index in [9.17, 15) is 21.6 Å². The molecule has 0 spiro atoms. The number of aryl methyl sites for hydroxylation is 2. The average molecular weight is 464 g/mol. The minimum Gasteiger partial charge on any atom is -0.340 e. The SMILES string of the molecule is O=C(CCS(=O)(=O)c1ccc2c(c1)CCC2)N1CCN(S(=O)(=O)c2cccnc2)CC1. The summed E-state index contributed by atoms with van der Waals surface area (Å²) in [5, 5.41) is 0. The van der Waals surface area contributed by atoms with Crippen molar-refractivity contribution >= 4 is 25.8 Å². The molecule has 0 radical (unpaired) electrons. The van der Waals surface area contributed by atoms with E-state index in [-0.39, 0.29) is 54.1 Å². The quantitative estimate of drug-likeness (QED) is 0.639. The lowest BCUT2D eigenvalue weighted by Crippen LogP contribution is -2.50. The van der Waals surface area contributed by atoms with Gasteiger partial charge in [-0.1, -0.05) is 6.07 Å². The van der Waals surface area contributed by atoms with Gasteiger partial charge in [-0.05, 0) is 54.7 Å². The van der Waals surface area contributed by atoms with Gasteiger partial charge in [0, 0.05) is 45.0 Å². The lowest BCUT2D eigenvalue weighted by molar-refractivity contribution is -0.131. The number of pyridine rings is 1. The lowest BCUT2D eigenvalue weighted by atomic mass is 10.1. The number of aromatic nitrogens is 1. The Morgan fingerprint density at radius 1 is 0.935 bits per heavy atom.